The van der Waals surface area contributed by atoms with Gasteiger partial charge in [-0.15, -0.1) is 0 Å². The van der Waals surface area contributed by atoms with Crippen molar-refractivity contribution in [2.45, 2.75) is 248 Å². The molecule has 6 rings (SSSR count). The predicted molar refractivity (Wildman–Crippen MR) is 517 cm³/mol. The molecule has 0 spiro atoms. The number of guanidine groups is 4. The number of aliphatic hydroxyl groups is 1. The summed E-state index contributed by atoms with van der Waals surface area (Å²) in [5.41, 5.74) is 30.3. The van der Waals surface area contributed by atoms with E-state index in [1.165, 1.54) is 38.1 Å². The molecule has 48 nitrogen and oxygen atoms in total. The molecular formula is C89H136N28O20S2. The average Bonchev–Trinajstić information content (AvgIpc) is 1.73. The Morgan fingerprint density at radius 3 is 1.37 bits per heavy atom. The summed E-state index contributed by atoms with van der Waals surface area (Å²) < 4.78 is 0. The number of aliphatic carboxylic acids is 1. The van der Waals surface area contributed by atoms with Crippen molar-refractivity contribution in [1.29, 1.82) is 21.6 Å². The number of aromatic hydroxyl groups is 1. The Kier molecular flexibility index (Phi) is 47.6. The van der Waals surface area contributed by atoms with E-state index in [1.807, 2.05) is 30.3 Å². The number of carboxylic acid groups (broad SMARTS) is 1. The third-order valence-corrected chi connectivity index (χ3v) is 25.2. The van der Waals surface area contributed by atoms with Gasteiger partial charge in [0, 0.05) is 70.5 Å². The van der Waals surface area contributed by atoms with Crippen LogP contribution in [0.4, 0.5) is 0 Å². The van der Waals surface area contributed by atoms with Crippen molar-refractivity contribution in [2.75, 3.05) is 57.4 Å². The number of hydrogen-bond donors (Lipinski definition) is 29. The fraction of sp³-hybridized carbons (Fsp3) is 0.562. The van der Waals surface area contributed by atoms with Gasteiger partial charge in [-0.3, -0.25) is 103 Å². The number of carbonyl (C=O) groups is 17. The van der Waals surface area contributed by atoms with Gasteiger partial charge in [0.1, 0.15) is 96.4 Å². The number of aliphatic hydroxyl groups excluding tert-OH is 1. The number of nitrogens with one attached hydrogen (secondary N) is 21. The molecule has 3 aromatic rings. The van der Waals surface area contributed by atoms with Gasteiger partial charge in [-0.05, 0) is 136 Å². The van der Waals surface area contributed by atoms with Crippen molar-refractivity contribution in [2.24, 2.45) is 40.5 Å². The second-order valence-electron chi connectivity index (χ2n) is 34.8. The maximum Gasteiger partial charge on any atom is 0.305 e. The van der Waals surface area contributed by atoms with E-state index in [0.29, 0.717) is 5.56 Å². The van der Waals surface area contributed by atoms with E-state index in [0.717, 1.165) is 49.4 Å². The van der Waals surface area contributed by atoms with Crippen LogP contribution < -0.4 is 119 Å². The maximum atomic E-state index is 15.9. The average molecular weight is 1980 g/mol. The minimum absolute atomic E-state index is 0.00107. The Bertz CT molecular complexity index is 4780. The zero-order valence-electron chi connectivity index (χ0n) is 78.8. The third kappa shape index (κ3) is 38.9. The molecule has 50 heteroatoms. The van der Waals surface area contributed by atoms with E-state index in [2.05, 4.69) is 90.4 Å². The largest absolute Gasteiger partial charge is 0.508 e. The van der Waals surface area contributed by atoms with E-state index in [-0.39, 0.29) is 171 Å². The highest BCUT2D eigenvalue weighted by molar-refractivity contribution is 8.76. The van der Waals surface area contributed by atoms with Crippen molar-refractivity contribution >= 4 is 146 Å². The smallest absolute Gasteiger partial charge is 0.305 e. The van der Waals surface area contributed by atoms with Crippen LogP contribution in [0, 0.1) is 33.5 Å². The lowest BCUT2D eigenvalue weighted by Crippen LogP contribution is -2.62. The van der Waals surface area contributed by atoms with Gasteiger partial charge in [-0.1, -0.05) is 129 Å². The standard InChI is InChI=1S/C89H136N28O20S2/c1-7-17-56-72(124)112-64(44-118)79(131)109-62(42-51-28-32-54(120)33-29-51)78(130)111-63(43-69(121)122)84(136)116-38-16-25-68(116)82(134)115-70(48(4)5)83(135)113-65(80(132)107-58(22-13-36-101-88(95)96)74(126)104-55(71(90)123)20-11-34-99-86(91)92)45-138-139-46-66(114-75(127)59(23-14-37-102-89(97)98)106-73(125)57(103-49(6)119)21-12-35-100-87(93)94)85(137)117-39-15-24-67(117)81(133)110-60(40-47(2)3)76(128)108-61(77(129)105-56)41-50-26-30-53(31-27-50)52-18-9-8-10-19-52/h8-10,18-19,26-33,47-48,55-68,70,118,120H,7,11-17,20-25,34-46H2,1-6H3,(H2,90,123)(H,103,119)(H,104,126)(H,105,129)(H,106,125)(H,107,132)(H,108,128)(H,109,131)(H,110,133)(H,111,130)(H,112,124)(H,113,135)(H,114,127)(H,115,134)(H,121,122)(H4,91,92,99)(H4,93,94,100)(H4,95,96,101)(H4,97,98,102)/t55-,56-,57-,58-,59-,60-,61-,62-,63-,64-,65-,66-,67-,68-,70-/m0/s1. The normalized spacial score (nSPS) is 21.8. The zero-order valence-corrected chi connectivity index (χ0v) is 80.4. The first kappa shape index (κ1) is 114. The zero-order chi connectivity index (χ0) is 103. The molecule has 15 atom stereocenters. The Balaban J connectivity index is 1.54. The summed E-state index contributed by atoms with van der Waals surface area (Å²) in [5.74, 6) is -21.8. The first-order chi connectivity index (χ1) is 66.0. The number of carbonyl (C=O) groups excluding carboxylic acids is 16. The monoisotopic (exact) mass is 1980 g/mol. The number of fused-ring (bicyclic) bond motifs is 2. The maximum absolute atomic E-state index is 15.9. The van der Waals surface area contributed by atoms with Gasteiger partial charge in [0.25, 0.3) is 0 Å². The summed E-state index contributed by atoms with van der Waals surface area (Å²) in [6, 6.07) is -2.72. The number of rotatable bonds is 39. The summed E-state index contributed by atoms with van der Waals surface area (Å²) in [6.07, 6.45) is -2.14. The van der Waals surface area contributed by atoms with Crippen LogP contribution in [0.1, 0.15) is 155 Å². The molecule has 0 radical (unpaired) electrons. The van der Waals surface area contributed by atoms with Crippen LogP contribution >= 0.6 is 21.6 Å². The van der Waals surface area contributed by atoms with Gasteiger partial charge in [-0.25, -0.2) is 0 Å². The van der Waals surface area contributed by atoms with Crippen LogP contribution in [0.15, 0.2) is 78.9 Å². The van der Waals surface area contributed by atoms with Crippen LogP contribution in [-0.4, -0.2) is 297 Å². The van der Waals surface area contributed by atoms with Crippen molar-refractivity contribution in [1.82, 2.24) is 100 Å². The first-order valence-electron chi connectivity index (χ1n) is 46.1. The van der Waals surface area contributed by atoms with Crippen LogP contribution in [0.5, 0.6) is 5.75 Å². The van der Waals surface area contributed by atoms with E-state index in [4.69, 9.17) is 50.3 Å². The SMILES string of the molecule is CCC[C@@H]1NC(=O)[C@H](Cc2ccc(-c3ccccc3)cc2)NC(=O)[C@H](CC(C)C)NC(=O)[C@@H]2CCCN2C(=O)[C@@H](NC(=O)[C@H](CCCNC(=N)N)NC(=O)[C@H](CCCNC(=N)N)NC(C)=O)CSSC[C@@H](C(=O)N[C@@H](CCCNC(=N)N)C(=O)N[C@@H](CCCNC(=N)N)C(N)=O)NC(=O)[C@H](C(C)C)NC(=O)[C@@H]2CCCN2C(=O)[C@H](CC(=O)O)NC(=O)[C@H](Cc2ccc(O)cc2)NC(=O)[C@H](CO)NC1=O. The molecule has 3 aliphatic heterocycles. The van der Waals surface area contributed by atoms with Crippen molar-refractivity contribution in [3.63, 3.8) is 0 Å². The minimum Gasteiger partial charge on any atom is -0.508 e. The van der Waals surface area contributed by atoms with Crippen molar-refractivity contribution in [3.8, 4) is 16.9 Å². The van der Waals surface area contributed by atoms with E-state index in [1.54, 1.807) is 45.0 Å². The van der Waals surface area contributed by atoms with Gasteiger partial charge in [0.2, 0.25) is 94.5 Å². The second-order valence-corrected chi connectivity index (χ2v) is 37.3. The topological polar surface area (TPSA) is 787 Å². The summed E-state index contributed by atoms with van der Waals surface area (Å²) in [6.45, 7) is 7.86. The first-order valence-corrected chi connectivity index (χ1v) is 48.6. The number of primary amides is 1. The molecule has 34 N–H and O–H groups in total. The molecular weight excluding hydrogens is 1850 g/mol. The summed E-state index contributed by atoms with van der Waals surface area (Å²) in [5, 5.41) is 107. The van der Waals surface area contributed by atoms with Gasteiger partial charge < -0.3 is 144 Å². The van der Waals surface area contributed by atoms with E-state index in [9.17, 15) is 58.5 Å². The molecule has 0 unspecified atom stereocenters. The Hall–Kier alpha value is -13.8. The summed E-state index contributed by atoms with van der Waals surface area (Å²) in [4.78, 5) is 252. The summed E-state index contributed by atoms with van der Waals surface area (Å²) in [7, 11) is 1.61. The van der Waals surface area contributed by atoms with Crippen LogP contribution in [-0.2, 0) is 94.3 Å². The number of carboxylic acids is 1. The van der Waals surface area contributed by atoms with Crippen LogP contribution in [0.2, 0.25) is 0 Å². The number of nitrogens with two attached hydrogens (primary N) is 5. The molecule has 3 fully saturated rings. The van der Waals surface area contributed by atoms with Gasteiger partial charge in [0.05, 0.1) is 13.0 Å². The number of amides is 16. The Labute approximate surface area is 813 Å². The number of nitrogens with zero attached hydrogens (tertiary/aromatic N) is 2. The van der Waals surface area contributed by atoms with Crippen LogP contribution in [0.3, 0.4) is 0 Å². The van der Waals surface area contributed by atoms with Crippen molar-refractivity contribution in [3.05, 3.63) is 90.0 Å². The lowest BCUT2D eigenvalue weighted by molar-refractivity contribution is -0.146. The molecule has 3 heterocycles. The van der Waals surface area contributed by atoms with E-state index < -0.39 is 240 Å². The summed E-state index contributed by atoms with van der Waals surface area (Å²) >= 11 is 0. The van der Waals surface area contributed by atoms with Crippen LogP contribution in [0.25, 0.3) is 11.1 Å². The predicted octanol–water partition coefficient (Wildman–Crippen LogP) is -4.95. The lowest BCUT2D eigenvalue weighted by atomic mass is 9.98. The number of benzene rings is 3. The Morgan fingerprint density at radius 1 is 0.475 bits per heavy atom. The highest BCUT2D eigenvalue weighted by atomic mass is 33.1. The second kappa shape index (κ2) is 58.0. The highest BCUT2D eigenvalue weighted by Crippen LogP contribution is 2.29. The molecule has 764 valence electrons. The quantitative estimate of drug-likeness (QED) is 0.0110. The van der Waals surface area contributed by atoms with Crippen molar-refractivity contribution < 1.29 is 96.8 Å². The molecule has 0 bridgehead atoms. The molecule has 0 saturated carbocycles. The van der Waals surface area contributed by atoms with Gasteiger partial charge in [0.15, 0.2) is 23.8 Å². The Morgan fingerprint density at radius 2 is 0.892 bits per heavy atom. The minimum atomic E-state index is -2.02. The third-order valence-electron chi connectivity index (χ3n) is 22.8. The molecule has 3 aromatic carbocycles. The fourth-order valence-corrected chi connectivity index (χ4v) is 17.9. The molecule has 3 saturated heterocycles. The number of hydrogen-bond acceptors (Lipinski definition) is 25. The molecule has 0 aromatic heterocycles. The van der Waals surface area contributed by atoms with Gasteiger partial charge in [-0.2, -0.15) is 0 Å². The molecule has 139 heavy (non-hydrogen) atoms. The van der Waals surface area contributed by atoms with E-state index >= 15 is 38.4 Å². The fourth-order valence-electron chi connectivity index (χ4n) is 15.6. The molecule has 16 amide bonds. The molecule has 0 aliphatic carbocycles. The number of phenols is 1. The highest BCUT2D eigenvalue weighted by Gasteiger charge is 2.45. The van der Waals surface area contributed by atoms with Gasteiger partial charge >= 0.3 is 5.97 Å². The molecule has 3 aliphatic rings. The lowest BCUT2D eigenvalue weighted by Gasteiger charge is -2.31. The number of phenolic OH excluding ortho intramolecular Hbond substituents is 1.